The van der Waals surface area contributed by atoms with Gasteiger partial charge in [0.1, 0.15) is 16.5 Å². The summed E-state index contributed by atoms with van der Waals surface area (Å²) in [6, 6.07) is 10.3. The smallest absolute Gasteiger partial charge is 0.267 e. The molecule has 2 aromatic carbocycles. The van der Waals surface area contributed by atoms with Gasteiger partial charge in [0, 0.05) is 13.0 Å². The fourth-order valence-electron chi connectivity index (χ4n) is 4.13. The third-order valence-electron chi connectivity index (χ3n) is 6.36. The van der Waals surface area contributed by atoms with Gasteiger partial charge in [-0.25, -0.2) is 26.6 Å². The third kappa shape index (κ3) is 8.29. The molecule has 0 bridgehead atoms. The van der Waals surface area contributed by atoms with Crippen LogP contribution in [0, 0.1) is 0 Å². The highest BCUT2D eigenvalue weighted by Gasteiger charge is 2.34. The summed E-state index contributed by atoms with van der Waals surface area (Å²) < 4.78 is 61.3. The first-order chi connectivity index (χ1) is 19.5. The number of unbranched alkanes of at least 4 members (excludes halogenated alkanes) is 4. The van der Waals surface area contributed by atoms with Gasteiger partial charge < -0.3 is 10.1 Å². The van der Waals surface area contributed by atoms with Crippen LogP contribution in [0.25, 0.3) is 0 Å². The van der Waals surface area contributed by atoms with E-state index in [1.54, 1.807) is 18.2 Å². The first-order valence-electron chi connectivity index (χ1n) is 13.8. The van der Waals surface area contributed by atoms with Gasteiger partial charge in [0.15, 0.2) is 0 Å². The van der Waals surface area contributed by atoms with Crippen molar-refractivity contribution in [3.05, 3.63) is 42.5 Å². The largest absolute Gasteiger partial charge is 0.491 e. The maximum Gasteiger partial charge on any atom is 0.267 e. The molecular weight excluding hydrogens is 568 g/mol. The zero-order chi connectivity index (χ0) is 30.0. The van der Waals surface area contributed by atoms with E-state index < -0.39 is 31.9 Å². The van der Waals surface area contributed by atoms with Crippen molar-refractivity contribution in [3.63, 3.8) is 0 Å². The summed E-state index contributed by atoms with van der Waals surface area (Å²) in [6.07, 6.45) is 4.73. The van der Waals surface area contributed by atoms with E-state index in [9.17, 15) is 26.4 Å². The predicted molar refractivity (Wildman–Crippen MR) is 157 cm³/mol. The second-order valence-electron chi connectivity index (χ2n) is 9.60. The Morgan fingerprint density at radius 3 is 2.39 bits per heavy atom. The highest BCUT2D eigenvalue weighted by molar-refractivity contribution is 7.90. The maximum absolute atomic E-state index is 13.4. The fourth-order valence-corrected chi connectivity index (χ4v) is 6.83. The molecule has 13 heteroatoms. The van der Waals surface area contributed by atoms with Gasteiger partial charge >= 0.3 is 0 Å². The molecule has 0 radical (unpaired) electrons. The van der Waals surface area contributed by atoms with Crippen LogP contribution in [0.4, 0.5) is 11.4 Å². The lowest BCUT2D eigenvalue weighted by atomic mass is 10.2. The predicted octanol–water partition coefficient (Wildman–Crippen LogP) is 4.72. The summed E-state index contributed by atoms with van der Waals surface area (Å²) in [5.74, 6) is -0.962. The standard InChI is InChI=1S/C28H38N4O7S2/c1-4-7-9-12-18-39-24-16-15-21(40(35,36)31-27(33)6-3)19-23(24)30-28(34)20-26-29-22-13-10-11-14-25(22)41(37,38)32(26)17-8-5-2/h10-11,13-16,19H,4-9,12,17-18,20H2,1-3H3,(H,30,34)(H,31,33). The second-order valence-corrected chi connectivity index (χ2v) is 13.1. The summed E-state index contributed by atoms with van der Waals surface area (Å²) in [5, 5.41) is 2.67. The molecule has 0 saturated heterocycles. The number of amidine groups is 1. The Morgan fingerprint density at radius 1 is 0.951 bits per heavy atom. The molecule has 0 aromatic heterocycles. The number of rotatable bonds is 15. The van der Waals surface area contributed by atoms with Crippen LogP contribution < -0.4 is 14.8 Å². The summed E-state index contributed by atoms with van der Waals surface area (Å²) >= 11 is 0. The highest BCUT2D eigenvalue weighted by atomic mass is 32.2. The van der Waals surface area contributed by atoms with E-state index in [1.165, 1.54) is 31.2 Å². The minimum Gasteiger partial charge on any atom is -0.491 e. The van der Waals surface area contributed by atoms with Crippen LogP contribution in [-0.4, -0.2) is 51.9 Å². The lowest BCUT2D eigenvalue weighted by Gasteiger charge is -2.29. The molecule has 3 rings (SSSR count). The van der Waals surface area contributed by atoms with Gasteiger partial charge in [-0.1, -0.05) is 58.6 Å². The van der Waals surface area contributed by atoms with Crippen molar-refractivity contribution < 1.29 is 31.2 Å². The lowest BCUT2D eigenvalue weighted by molar-refractivity contribution is -0.119. The number of fused-ring (bicyclic) bond motifs is 1. The molecule has 0 saturated carbocycles. The average Bonchev–Trinajstić information content (AvgIpc) is 2.93. The van der Waals surface area contributed by atoms with Gasteiger partial charge in [0.2, 0.25) is 11.8 Å². The SMILES string of the molecule is CCCCCCOc1ccc(S(=O)(=O)NC(=O)CC)cc1NC(=O)CC1=Nc2ccccc2S(=O)(=O)N1CCCC. The van der Waals surface area contributed by atoms with Crippen LogP contribution >= 0.6 is 0 Å². The van der Waals surface area contributed by atoms with E-state index in [4.69, 9.17) is 4.74 Å². The molecule has 0 atom stereocenters. The molecule has 2 aromatic rings. The summed E-state index contributed by atoms with van der Waals surface area (Å²) in [6.45, 7) is 6.07. The molecule has 1 aliphatic rings. The molecule has 41 heavy (non-hydrogen) atoms. The van der Waals surface area contributed by atoms with Crippen LogP contribution in [0.15, 0.2) is 57.2 Å². The molecule has 2 amide bonds. The van der Waals surface area contributed by atoms with Crippen LogP contribution in [0.2, 0.25) is 0 Å². The van der Waals surface area contributed by atoms with Crippen molar-refractivity contribution in [2.75, 3.05) is 18.5 Å². The Morgan fingerprint density at radius 2 is 1.68 bits per heavy atom. The Kier molecular flexibility index (Phi) is 11.3. The van der Waals surface area contributed by atoms with Crippen molar-refractivity contribution in [1.29, 1.82) is 0 Å². The number of benzene rings is 2. The zero-order valence-electron chi connectivity index (χ0n) is 23.7. The van der Waals surface area contributed by atoms with Crippen LogP contribution in [0.1, 0.15) is 72.1 Å². The summed E-state index contributed by atoms with van der Waals surface area (Å²) in [4.78, 5) is 29.4. The minimum atomic E-state index is -4.19. The van der Waals surface area contributed by atoms with Gasteiger partial charge in [0.05, 0.1) is 29.3 Å². The molecule has 0 fully saturated rings. The van der Waals surface area contributed by atoms with E-state index >= 15 is 0 Å². The van der Waals surface area contributed by atoms with Crippen LogP contribution in [0.5, 0.6) is 5.75 Å². The van der Waals surface area contributed by atoms with E-state index in [-0.39, 0.29) is 52.1 Å². The van der Waals surface area contributed by atoms with E-state index in [1.807, 2.05) is 11.6 Å². The number of hydrogen-bond donors (Lipinski definition) is 2. The van der Waals surface area contributed by atoms with Crippen molar-refractivity contribution in [3.8, 4) is 5.75 Å². The summed E-state index contributed by atoms with van der Waals surface area (Å²) in [5.41, 5.74) is 0.330. The molecule has 11 nitrogen and oxygen atoms in total. The topological polar surface area (TPSA) is 151 Å². The normalized spacial score (nSPS) is 14.1. The van der Waals surface area contributed by atoms with Crippen molar-refractivity contribution in [1.82, 2.24) is 9.03 Å². The number of sulfonamides is 2. The fraction of sp³-hybridized carbons (Fsp3) is 0.464. The first kappa shape index (κ1) is 32.1. The molecule has 1 heterocycles. The van der Waals surface area contributed by atoms with Gasteiger partial charge in [0.25, 0.3) is 20.0 Å². The third-order valence-corrected chi connectivity index (χ3v) is 9.61. The Bertz CT molecular complexity index is 1490. The Labute approximate surface area is 242 Å². The van der Waals surface area contributed by atoms with Gasteiger partial charge in [-0.05, 0) is 43.2 Å². The molecule has 0 spiro atoms. The molecule has 0 unspecified atom stereocenters. The van der Waals surface area contributed by atoms with Crippen molar-refractivity contribution in [2.24, 2.45) is 4.99 Å². The number of aliphatic imine (C=N–C) groups is 1. The molecule has 1 aliphatic heterocycles. The second kappa shape index (κ2) is 14.4. The first-order valence-corrected chi connectivity index (χ1v) is 16.8. The number of para-hydroxylation sites is 1. The highest BCUT2D eigenvalue weighted by Crippen LogP contribution is 2.34. The number of amides is 2. The number of ether oxygens (including phenoxy) is 1. The number of carbonyl (C=O) groups is 2. The quantitative estimate of drug-likeness (QED) is 0.278. The van der Waals surface area contributed by atoms with Gasteiger partial charge in [-0.15, -0.1) is 0 Å². The number of hydrogen-bond acceptors (Lipinski definition) is 8. The van der Waals surface area contributed by atoms with E-state index in [0.29, 0.717) is 13.0 Å². The zero-order valence-corrected chi connectivity index (χ0v) is 25.3. The van der Waals surface area contributed by atoms with Gasteiger partial charge in [-0.3, -0.25) is 13.9 Å². The van der Waals surface area contributed by atoms with E-state index in [2.05, 4.69) is 17.2 Å². The maximum atomic E-state index is 13.4. The van der Waals surface area contributed by atoms with Gasteiger partial charge in [-0.2, -0.15) is 0 Å². The molecule has 224 valence electrons. The van der Waals surface area contributed by atoms with Crippen LogP contribution in [0.3, 0.4) is 0 Å². The lowest BCUT2D eigenvalue weighted by Crippen LogP contribution is -2.41. The van der Waals surface area contributed by atoms with Crippen molar-refractivity contribution >= 4 is 49.1 Å². The monoisotopic (exact) mass is 606 g/mol. The number of anilines is 1. The minimum absolute atomic E-state index is 0.0234. The Hall–Kier alpha value is -3.45. The Balaban J connectivity index is 1.91. The molecular formula is C28H38N4O7S2. The van der Waals surface area contributed by atoms with Crippen molar-refractivity contribution in [2.45, 2.75) is 81.9 Å². The average molecular weight is 607 g/mol. The van der Waals surface area contributed by atoms with E-state index in [0.717, 1.165) is 36.4 Å². The number of carbonyl (C=O) groups excluding carboxylic acids is 2. The number of nitrogens with zero attached hydrogens (tertiary/aromatic N) is 2. The van der Waals surface area contributed by atoms with Crippen LogP contribution in [-0.2, 0) is 29.6 Å². The molecule has 0 aliphatic carbocycles. The summed E-state index contributed by atoms with van der Waals surface area (Å²) in [7, 11) is -8.10. The molecule has 2 N–H and O–H groups in total. The number of nitrogens with one attached hydrogen (secondary N) is 2.